The fraction of sp³-hybridized carbons (Fsp3) is 0.250. The number of anilines is 3. The molecular formula is C24H24BNO2Se. The zero-order chi connectivity index (χ0) is 20.2. The molecule has 146 valence electrons. The van der Waals surface area contributed by atoms with E-state index >= 15 is 0 Å². The van der Waals surface area contributed by atoms with Crippen LogP contribution in [-0.2, 0) is 9.31 Å². The molecule has 5 rings (SSSR count). The van der Waals surface area contributed by atoms with E-state index in [4.69, 9.17) is 9.31 Å². The summed E-state index contributed by atoms with van der Waals surface area (Å²) in [6.07, 6.45) is 0. The van der Waals surface area contributed by atoms with E-state index in [0.717, 1.165) is 11.2 Å². The first-order chi connectivity index (χ1) is 13.9. The third-order valence-electron chi connectivity index (χ3n) is 6.11. The van der Waals surface area contributed by atoms with E-state index in [1.165, 1.54) is 20.3 Å². The van der Waals surface area contributed by atoms with Crippen molar-refractivity contribution in [1.29, 1.82) is 0 Å². The molecule has 0 unspecified atom stereocenters. The van der Waals surface area contributed by atoms with Crippen LogP contribution in [0.25, 0.3) is 0 Å². The molecule has 0 N–H and O–H groups in total. The average molecular weight is 448 g/mol. The molecule has 3 aromatic rings. The van der Waals surface area contributed by atoms with Gasteiger partial charge in [-0.15, -0.1) is 0 Å². The molecule has 3 aromatic carbocycles. The minimum absolute atomic E-state index is 0.326. The van der Waals surface area contributed by atoms with Gasteiger partial charge in [-0.05, 0) is 0 Å². The van der Waals surface area contributed by atoms with Crippen LogP contribution in [0.5, 0.6) is 0 Å². The zero-order valence-electron chi connectivity index (χ0n) is 17.2. The Morgan fingerprint density at radius 1 is 0.690 bits per heavy atom. The van der Waals surface area contributed by atoms with Gasteiger partial charge in [0.15, 0.2) is 0 Å². The van der Waals surface area contributed by atoms with Crippen molar-refractivity contribution in [2.75, 3.05) is 4.90 Å². The Morgan fingerprint density at radius 3 is 1.69 bits per heavy atom. The summed E-state index contributed by atoms with van der Waals surface area (Å²) >= 11 is 0.326. The average Bonchev–Trinajstić information content (AvgIpc) is 2.93. The van der Waals surface area contributed by atoms with Crippen LogP contribution in [0.15, 0.2) is 72.8 Å². The van der Waals surface area contributed by atoms with Crippen LogP contribution in [0.1, 0.15) is 27.7 Å². The van der Waals surface area contributed by atoms with Crippen molar-refractivity contribution in [2.45, 2.75) is 38.9 Å². The molecule has 0 aromatic heterocycles. The minimum atomic E-state index is -0.335. The SMILES string of the molecule is CC1(C)OB(c2ccc(N3c4ccccc4[Se]c4ccccc43)cc2)OC1(C)C. The summed E-state index contributed by atoms with van der Waals surface area (Å²) in [5, 5.41) is 0. The molecule has 0 aliphatic carbocycles. The maximum atomic E-state index is 6.21. The van der Waals surface area contributed by atoms with Crippen molar-refractivity contribution in [1.82, 2.24) is 0 Å². The van der Waals surface area contributed by atoms with Gasteiger partial charge in [-0.25, -0.2) is 0 Å². The van der Waals surface area contributed by atoms with Crippen LogP contribution in [0, 0.1) is 0 Å². The molecule has 0 bridgehead atoms. The van der Waals surface area contributed by atoms with Crippen LogP contribution < -0.4 is 19.3 Å². The number of fused-ring (bicyclic) bond motifs is 2. The van der Waals surface area contributed by atoms with Gasteiger partial charge in [0.25, 0.3) is 0 Å². The van der Waals surface area contributed by atoms with Crippen molar-refractivity contribution in [3.05, 3.63) is 72.8 Å². The molecule has 1 fully saturated rings. The molecule has 5 heteroatoms. The molecule has 29 heavy (non-hydrogen) atoms. The molecule has 0 spiro atoms. The van der Waals surface area contributed by atoms with Crippen LogP contribution in [0.4, 0.5) is 17.1 Å². The van der Waals surface area contributed by atoms with Crippen LogP contribution in [0.2, 0.25) is 0 Å². The first-order valence-electron chi connectivity index (χ1n) is 9.97. The Morgan fingerprint density at radius 2 is 1.17 bits per heavy atom. The summed E-state index contributed by atoms with van der Waals surface area (Å²) in [5.41, 5.74) is 4.09. The topological polar surface area (TPSA) is 21.7 Å². The monoisotopic (exact) mass is 449 g/mol. The number of rotatable bonds is 2. The molecule has 2 aliphatic rings. The Hall–Kier alpha value is -2.04. The van der Waals surface area contributed by atoms with Crippen molar-refractivity contribution in [3.8, 4) is 0 Å². The van der Waals surface area contributed by atoms with Gasteiger partial charge < -0.3 is 0 Å². The van der Waals surface area contributed by atoms with Crippen LogP contribution in [0.3, 0.4) is 0 Å². The van der Waals surface area contributed by atoms with Gasteiger partial charge in [0, 0.05) is 0 Å². The molecule has 0 radical (unpaired) electrons. The van der Waals surface area contributed by atoms with E-state index in [0.29, 0.717) is 15.0 Å². The van der Waals surface area contributed by atoms with E-state index in [1.54, 1.807) is 0 Å². The fourth-order valence-electron chi connectivity index (χ4n) is 3.74. The van der Waals surface area contributed by atoms with E-state index in [-0.39, 0.29) is 18.3 Å². The summed E-state index contributed by atoms with van der Waals surface area (Å²) in [6.45, 7) is 8.35. The van der Waals surface area contributed by atoms with E-state index in [2.05, 4.69) is 105 Å². The van der Waals surface area contributed by atoms with Crippen molar-refractivity contribution in [3.63, 3.8) is 0 Å². The van der Waals surface area contributed by atoms with Gasteiger partial charge in [0.1, 0.15) is 0 Å². The molecule has 0 amide bonds. The second-order valence-electron chi connectivity index (χ2n) is 8.55. The van der Waals surface area contributed by atoms with Gasteiger partial charge in [-0.2, -0.15) is 0 Å². The summed E-state index contributed by atoms with van der Waals surface area (Å²) in [7, 11) is -0.335. The molecule has 2 aliphatic heterocycles. The number of hydrogen-bond acceptors (Lipinski definition) is 3. The second kappa shape index (κ2) is 6.75. The van der Waals surface area contributed by atoms with E-state index < -0.39 is 0 Å². The Kier molecular flexibility index (Phi) is 4.41. The normalized spacial score (nSPS) is 19.0. The predicted molar refractivity (Wildman–Crippen MR) is 122 cm³/mol. The van der Waals surface area contributed by atoms with Gasteiger partial charge in [0.2, 0.25) is 0 Å². The number of benzene rings is 3. The molecule has 0 atom stereocenters. The summed E-state index contributed by atoms with van der Waals surface area (Å²) in [4.78, 5) is 2.37. The van der Waals surface area contributed by atoms with Crippen molar-refractivity contribution in [2.24, 2.45) is 0 Å². The van der Waals surface area contributed by atoms with Gasteiger partial charge in [0.05, 0.1) is 0 Å². The quantitative estimate of drug-likeness (QED) is 0.439. The fourth-order valence-corrected chi connectivity index (χ4v) is 5.96. The van der Waals surface area contributed by atoms with Crippen LogP contribution in [-0.4, -0.2) is 33.3 Å². The Bertz CT molecular complexity index is 1000. The third-order valence-corrected chi connectivity index (χ3v) is 8.48. The van der Waals surface area contributed by atoms with Gasteiger partial charge in [-0.3, -0.25) is 0 Å². The number of hydrogen-bond donors (Lipinski definition) is 0. The summed E-state index contributed by atoms with van der Waals surface area (Å²) < 4.78 is 15.3. The van der Waals surface area contributed by atoms with Crippen LogP contribution >= 0.6 is 0 Å². The number of para-hydroxylation sites is 2. The third kappa shape index (κ3) is 3.14. The molecule has 3 nitrogen and oxygen atoms in total. The second-order valence-corrected chi connectivity index (χ2v) is 10.8. The van der Waals surface area contributed by atoms with Gasteiger partial charge in [-0.1, -0.05) is 0 Å². The molecule has 1 saturated heterocycles. The summed E-state index contributed by atoms with van der Waals surface area (Å²) in [5.74, 6) is 0. The van der Waals surface area contributed by atoms with Crippen molar-refractivity contribution < 1.29 is 9.31 Å². The van der Waals surface area contributed by atoms with Crippen molar-refractivity contribution >= 4 is 53.5 Å². The zero-order valence-corrected chi connectivity index (χ0v) is 18.9. The summed E-state index contributed by atoms with van der Waals surface area (Å²) in [6, 6.07) is 26.0. The Labute approximate surface area is 179 Å². The molecule has 0 saturated carbocycles. The Balaban J connectivity index is 1.52. The number of nitrogens with zero attached hydrogens (tertiary/aromatic N) is 1. The standard InChI is InChI=1S/C24H24BNO2Se/c1-23(2)24(3,4)28-25(27-23)17-13-15-18(16-14-17)26-19-9-5-7-11-21(19)29-22-12-8-6-10-20(22)26/h5-16H,1-4H3. The first kappa shape index (κ1) is 19.0. The molecular weight excluding hydrogens is 424 g/mol. The molecule has 2 heterocycles. The maximum absolute atomic E-state index is 6.21. The predicted octanol–water partition coefficient (Wildman–Crippen LogP) is 3.42. The van der Waals surface area contributed by atoms with Gasteiger partial charge >= 0.3 is 179 Å². The van der Waals surface area contributed by atoms with E-state index in [9.17, 15) is 0 Å². The first-order valence-corrected chi connectivity index (χ1v) is 11.7. The van der Waals surface area contributed by atoms with E-state index in [1.807, 2.05) is 0 Å².